The van der Waals surface area contributed by atoms with E-state index in [1.54, 1.807) is 0 Å². The lowest BCUT2D eigenvalue weighted by Gasteiger charge is -2.60. The zero-order valence-electron chi connectivity index (χ0n) is 34.8. The van der Waals surface area contributed by atoms with E-state index in [2.05, 4.69) is 27.7 Å². The Kier molecular flexibility index (Phi) is 12.1. The fraction of sp³-hybridized carbons (Fsp3) is 0.932. The molecule has 11 nitrogen and oxygen atoms in total. The molecule has 312 valence electrons. The molecule has 1 N–H and O–H groups in total. The summed E-state index contributed by atoms with van der Waals surface area (Å²) >= 11 is 0. The third-order valence-electron chi connectivity index (χ3n) is 13.8. The number of aliphatic hydroxyl groups is 1. The standard InChI is InChI=1S/C13H20O3.C13H22O2.C11H16O3.C7H12O3/c1-8(2)16-13-5-9-3-10(6-13)12(14)15-11(4-9)7-13;1-9(2)15-13-6-10-3-11(7-13)5-12(14,4-10)8-13;1-5(2)13-9-6-3-7-8(4-6)11(12)14-10(7)9;1-5(2)10-6-3-4-9-7(6)8/h8-11H,3-7H2,1-2H3;9-11,14H,3-8H2,1-2H3;5-10H,3-4H2,1-2H3;5-6H,3-4H2,1-2H3. The van der Waals surface area contributed by atoms with Crippen LogP contribution in [0, 0.1) is 41.4 Å². The van der Waals surface area contributed by atoms with Gasteiger partial charge in [0.1, 0.15) is 12.2 Å². The SMILES string of the molecule is CC(C)OC12CC3CC(C1)OC(=O)C(C3)C2.CC(C)OC12CC3CC(CC(O)(C3)C1)C2.CC(C)OC1C2CC3C(=O)OC1C3C2.CC(C)OC1CCOC1=O. The molecule has 0 aromatic rings. The third kappa shape index (κ3) is 9.26. The maximum atomic E-state index is 11.8. The first-order valence-electron chi connectivity index (χ1n) is 21.9. The van der Waals surface area contributed by atoms with Crippen LogP contribution in [0.5, 0.6) is 0 Å². The minimum Gasteiger partial charge on any atom is -0.464 e. The normalized spacial score (nSPS) is 44.9. The van der Waals surface area contributed by atoms with Crippen LogP contribution in [0.2, 0.25) is 0 Å². The highest BCUT2D eigenvalue weighted by atomic mass is 16.6. The molecule has 8 saturated carbocycles. The predicted molar refractivity (Wildman–Crippen MR) is 203 cm³/mol. The first-order chi connectivity index (χ1) is 25.9. The zero-order chi connectivity index (χ0) is 39.4. The molecule has 4 saturated heterocycles. The van der Waals surface area contributed by atoms with Crippen molar-refractivity contribution in [2.45, 2.75) is 211 Å². The van der Waals surface area contributed by atoms with E-state index in [4.69, 9.17) is 33.2 Å². The molecule has 4 heterocycles. The van der Waals surface area contributed by atoms with Gasteiger partial charge >= 0.3 is 17.9 Å². The lowest BCUT2D eigenvalue weighted by atomic mass is 9.52. The Balaban J connectivity index is 0.000000114. The van der Waals surface area contributed by atoms with Crippen molar-refractivity contribution < 1.29 is 52.6 Å². The molecule has 12 rings (SSSR count). The van der Waals surface area contributed by atoms with Crippen molar-refractivity contribution in [1.82, 2.24) is 0 Å². The minimum atomic E-state index is -0.376. The van der Waals surface area contributed by atoms with E-state index in [1.165, 1.54) is 19.3 Å². The van der Waals surface area contributed by atoms with Gasteiger partial charge in [-0.05, 0) is 150 Å². The Morgan fingerprint density at radius 2 is 1.29 bits per heavy atom. The third-order valence-corrected chi connectivity index (χ3v) is 13.8. The molecule has 12 atom stereocenters. The summed E-state index contributed by atoms with van der Waals surface area (Å²) in [7, 11) is 0. The molecular weight excluding hydrogens is 704 g/mol. The van der Waals surface area contributed by atoms with Gasteiger partial charge in [-0.3, -0.25) is 9.59 Å². The average molecular weight is 775 g/mol. The van der Waals surface area contributed by atoms with Crippen LogP contribution < -0.4 is 0 Å². The van der Waals surface area contributed by atoms with Gasteiger partial charge in [-0.2, -0.15) is 0 Å². The minimum absolute atomic E-state index is 0.0253. The number of hydrogen-bond acceptors (Lipinski definition) is 11. The summed E-state index contributed by atoms with van der Waals surface area (Å²) in [6.07, 6.45) is 15.5. The summed E-state index contributed by atoms with van der Waals surface area (Å²) in [5, 5.41) is 10.5. The maximum absolute atomic E-state index is 11.8. The Morgan fingerprint density at radius 1 is 0.636 bits per heavy atom. The summed E-state index contributed by atoms with van der Waals surface area (Å²) in [6.45, 7) is 16.8. The quantitative estimate of drug-likeness (QED) is 0.205. The fourth-order valence-electron chi connectivity index (χ4n) is 13.1. The Labute approximate surface area is 328 Å². The Morgan fingerprint density at radius 3 is 1.89 bits per heavy atom. The second kappa shape index (κ2) is 16.1. The molecule has 8 aliphatic carbocycles. The summed E-state index contributed by atoms with van der Waals surface area (Å²) in [6, 6.07) is 0. The molecule has 4 aliphatic heterocycles. The van der Waals surface area contributed by atoms with Crippen molar-refractivity contribution in [1.29, 1.82) is 0 Å². The molecule has 0 spiro atoms. The molecule has 0 radical (unpaired) electrons. The number of hydrogen-bond donors (Lipinski definition) is 1. The topological polar surface area (TPSA) is 136 Å². The molecule has 12 unspecified atom stereocenters. The molecule has 10 bridgehead atoms. The number of carbonyl (C=O) groups excluding carboxylic acids is 3. The van der Waals surface area contributed by atoms with Gasteiger partial charge in [-0.1, -0.05) is 0 Å². The van der Waals surface area contributed by atoms with E-state index in [-0.39, 0.29) is 89.3 Å². The number of cyclic esters (lactones) is 1. The highest BCUT2D eigenvalue weighted by Crippen LogP contribution is 2.59. The monoisotopic (exact) mass is 774 g/mol. The number of fused-ring (bicyclic) bond motifs is 2. The average Bonchev–Trinajstić information content (AvgIpc) is 3.75. The second-order valence-electron chi connectivity index (χ2n) is 20.3. The zero-order valence-corrected chi connectivity index (χ0v) is 34.8. The first-order valence-corrected chi connectivity index (χ1v) is 21.9. The summed E-state index contributed by atoms with van der Waals surface area (Å²) in [5.74, 6) is 3.29. The lowest BCUT2D eigenvalue weighted by molar-refractivity contribution is -0.231. The second-order valence-corrected chi connectivity index (χ2v) is 20.3. The molecule has 0 aromatic carbocycles. The summed E-state index contributed by atoms with van der Waals surface area (Å²) in [5.41, 5.74) is -0.400. The van der Waals surface area contributed by atoms with Crippen LogP contribution in [0.15, 0.2) is 0 Å². The molecule has 12 aliphatic rings. The van der Waals surface area contributed by atoms with Crippen LogP contribution in [0.1, 0.15) is 145 Å². The number of carbonyl (C=O) groups is 3. The number of esters is 3. The van der Waals surface area contributed by atoms with Crippen LogP contribution in [-0.2, 0) is 47.5 Å². The number of rotatable bonds is 8. The van der Waals surface area contributed by atoms with Gasteiger partial charge in [0.15, 0.2) is 6.10 Å². The maximum Gasteiger partial charge on any atom is 0.335 e. The smallest absolute Gasteiger partial charge is 0.335 e. The van der Waals surface area contributed by atoms with Crippen LogP contribution in [0.4, 0.5) is 0 Å². The van der Waals surface area contributed by atoms with E-state index < -0.39 is 0 Å². The molecule has 0 aromatic heterocycles. The van der Waals surface area contributed by atoms with Gasteiger partial charge in [0, 0.05) is 25.2 Å². The van der Waals surface area contributed by atoms with Crippen molar-refractivity contribution in [3.63, 3.8) is 0 Å². The van der Waals surface area contributed by atoms with Crippen LogP contribution >= 0.6 is 0 Å². The highest BCUT2D eigenvalue weighted by molar-refractivity contribution is 5.77. The number of ether oxygens (including phenoxy) is 7. The van der Waals surface area contributed by atoms with Gasteiger partial charge in [0.05, 0.1) is 65.8 Å². The van der Waals surface area contributed by atoms with Crippen LogP contribution in [0.25, 0.3) is 0 Å². The van der Waals surface area contributed by atoms with Crippen molar-refractivity contribution in [2.75, 3.05) is 6.61 Å². The van der Waals surface area contributed by atoms with Crippen LogP contribution in [-0.4, -0.2) is 95.3 Å². The van der Waals surface area contributed by atoms with Crippen LogP contribution in [0.3, 0.4) is 0 Å². The van der Waals surface area contributed by atoms with E-state index in [1.807, 2.05) is 27.7 Å². The van der Waals surface area contributed by atoms with E-state index in [0.717, 1.165) is 76.0 Å². The molecule has 12 fully saturated rings. The lowest BCUT2D eigenvalue weighted by Crippen LogP contribution is -2.60. The van der Waals surface area contributed by atoms with Crippen molar-refractivity contribution >= 4 is 17.9 Å². The van der Waals surface area contributed by atoms with E-state index in [9.17, 15) is 19.5 Å². The largest absolute Gasteiger partial charge is 0.464 e. The van der Waals surface area contributed by atoms with Crippen molar-refractivity contribution in [3.05, 3.63) is 0 Å². The van der Waals surface area contributed by atoms with Gasteiger partial charge in [-0.25, -0.2) is 4.79 Å². The van der Waals surface area contributed by atoms with Gasteiger partial charge in [-0.15, -0.1) is 0 Å². The van der Waals surface area contributed by atoms with Crippen molar-refractivity contribution in [3.8, 4) is 0 Å². The Hall–Kier alpha value is -1.79. The van der Waals surface area contributed by atoms with E-state index in [0.29, 0.717) is 36.9 Å². The van der Waals surface area contributed by atoms with Gasteiger partial charge in [0.2, 0.25) is 0 Å². The van der Waals surface area contributed by atoms with Crippen molar-refractivity contribution in [2.24, 2.45) is 41.4 Å². The highest BCUT2D eigenvalue weighted by Gasteiger charge is 2.62. The Bertz CT molecular complexity index is 1370. The van der Waals surface area contributed by atoms with Gasteiger partial charge < -0.3 is 38.3 Å². The fourth-order valence-corrected chi connectivity index (χ4v) is 13.1. The summed E-state index contributed by atoms with van der Waals surface area (Å²) < 4.78 is 39.0. The predicted octanol–water partition coefficient (Wildman–Crippen LogP) is 6.87. The molecule has 11 heteroatoms. The molecule has 0 amide bonds. The van der Waals surface area contributed by atoms with E-state index >= 15 is 0 Å². The molecular formula is C44H70O11. The first kappa shape index (κ1) is 41.4. The summed E-state index contributed by atoms with van der Waals surface area (Å²) in [4.78, 5) is 34.0. The van der Waals surface area contributed by atoms with Gasteiger partial charge in [0.25, 0.3) is 0 Å². The molecule has 55 heavy (non-hydrogen) atoms.